The van der Waals surface area contributed by atoms with E-state index in [0.29, 0.717) is 24.9 Å². The van der Waals surface area contributed by atoms with Gasteiger partial charge in [-0.15, -0.1) is 0 Å². The highest BCUT2D eigenvalue weighted by molar-refractivity contribution is 5.92. The first-order chi connectivity index (χ1) is 13.2. The molecule has 1 aromatic carbocycles. The summed E-state index contributed by atoms with van der Waals surface area (Å²) in [4.78, 5) is 38.5. The molecule has 0 bridgehead atoms. The van der Waals surface area contributed by atoms with Crippen molar-refractivity contribution in [3.05, 3.63) is 29.8 Å². The van der Waals surface area contributed by atoms with Gasteiger partial charge in [-0.1, -0.05) is 32.4 Å². The van der Waals surface area contributed by atoms with Gasteiger partial charge < -0.3 is 26.2 Å². The van der Waals surface area contributed by atoms with Crippen molar-refractivity contribution in [2.75, 3.05) is 6.54 Å². The van der Waals surface area contributed by atoms with Crippen LogP contribution in [0.15, 0.2) is 24.3 Å². The van der Waals surface area contributed by atoms with Crippen LogP contribution in [-0.2, 0) is 20.8 Å². The summed E-state index contributed by atoms with van der Waals surface area (Å²) in [5, 5.41) is 21.4. The largest absolute Gasteiger partial charge is 0.508 e. The SMILES string of the molecule is CCC(C)C(N)C(=O)N1CCCC1C(=O)NC(Cc1ccc(O)cc1)C(=O)O. The number of nitrogens with one attached hydrogen (secondary N) is 1. The van der Waals surface area contributed by atoms with Gasteiger partial charge in [0, 0.05) is 13.0 Å². The lowest BCUT2D eigenvalue weighted by molar-refractivity contribution is -0.144. The number of carboxylic acids is 1. The molecule has 8 nitrogen and oxygen atoms in total. The predicted molar refractivity (Wildman–Crippen MR) is 104 cm³/mol. The summed E-state index contributed by atoms with van der Waals surface area (Å²) >= 11 is 0. The molecule has 0 aromatic heterocycles. The van der Waals surface area contributed by atoms with E-state index in [0.717, 1.165) is 6.42 Å². The van der Waals surface area contributed by atoms with Crippen LogP contribution in [0.4, 0.5) is 0 Å². The molecule has 2 rings (SSSR count). The molecule has 1 aliphatic rings. The van der Waals surface area contributed by atoms with Crippen molar-refractivity contribution in [3.63, 3.8) is 0 Å². The standard InChI is InChI=1S/C20H29N3O5/c1-3-12(2)17(21)19(26)23-10-4-5-16(23)18(25)22-15(20(27)28)11-13-6-8-14(24)9-7-13/h6-9,12,15-17,24H,3-5,10-11,21H2,1-2H3,(H,22,25)(H,27,28). The van der Waals surface area contributed by atoms with Gasteiger partial charge in [-0.25, -0.2) is 4.79 Å². The van der Waals surface area contributed by atoms with E-state index in [1.165, 1.54) is 17.0 Å². The topological polar surface area (TPSA) is 133 Å². The van der Waals surface area contributed by atoms with E-state index in [-0.39, 0.29) is 24.0 Å². The summed E-state index contributed by atoms with van der Waals surface area (Å²) in [7, 11) is 0. The summed E-state index contributed by atoms with van der Waals surface area (Å²) in [5.74, 6) is -1.82. The Hall–Kier alpha value is -2.61. The second kappa shape index (κ2) is 9.54. The maximum absolute atomic E-state index is 12.7. The first-order valence-electron chi connectivity index (χ1n) is 9.61. The van der Waals surface area contributed by atoms with Crippen LogP contribution in [0.5, 0.6) is 5.75 Å². The first kappa shape index (κ1) is 21.7. The number of hydrogen-bond acceptors (Lipinski definition) is 5. The molecule has 5 N–H and O–H groups in total. The van der Waals surface area contributed by atoms with Gasteiger partial charge in [-0.05, 0) is 36.5 Å². The normalized spacial score (nSPS) is 19.7. The van der Waals surface area contributed by atoms with Crippen molar-refractivity contribution >= 4 is 17.8 Å². The molecule has 28 heavy (non-hydrogen) atoms. The monoisotopic (exact) mass is 391 g/mol. The molecule has 0 spiro atoms. The second-order valence-electron chi connectivity index (χ2n) is 7.37. The van der Waals surface area contributed by atoms with Gasteiger partial charge in [-0.2, -0.15) is 0 Å². The number of rotatable bonds is 8. The average molecular weight is 391 g/mol. The summed E-state index contributed by atoms with van der Waals surface area (Å²) < 4.78 is 0. The van der Waals surface area contributed by atoms with E-state index in [1.807, 2.05) is 13.8 Å². The molecule has 0 radical (unpaired) electrons. The number of aliphatic carboxylic acids is 1. The number of hydrogen-bond donors (Lipinski definition) is 4. The fourth-order valence-corrected chi connectivity index (χ4v) is 3.33. The van der Waals surface area contributed by atoms with E-state index < -0.39 is 30.0 Å². The number of carbonyl (C=O) groups is 3. The Morgan fingerprint density at radius 3 is 2.50 bits per heavy atom. The fraction of sp³-hybridized carbons (Fsp3) is 0.550. The Bertz CT molecular complexity index is 706. The minimum absolute atomic E-state index is 0.00178. The average Bonchev–Trinajstić information content (AvgIpc) is 3.17. The molecule has 1 heterocycles. The Morgan fingerprint density at radius 2 is 1.93 bits per heavy atom. The van der Waals surface area contributed by atoms with Gasteiger partial charge in [0.2, 0.25) is 11.8 Å². The molecule has 1 aliphatic heterocycles. The summed E-state index contributed by atoms with van der Waals surface area (Å²) in [5.41, 5.74) is 6.71. The highest BCUT2D eigenvalue weighted by Crippen LogP contribution is 2.21. The highest BCUT2D eigenvalue weighted by Gasteiger charge is 2.38. The molecular formula is C20H29N3O5. The van der Waals surface area contributed by atoms with Gasteiger partial charge >= 0.3 is 5.97 Å². The quantitative estimate of drug-likeness (QED) is 0.520. The molecule has 4 atom stereocenters. The first-order valence-corrected chi connectivity index (χ1v) is 9.61. The van der Waals surface area contributed by atoms with Crippen LogP contribution < -0.4 is 11.1 Å². The highest BCUT2D eigenvalue weighted by atomic mass is 16.4. The van der Waals surface area contributed by atoms with E-state index in [4.69, 9.17) is 5.73 Å². The zero-order chi connectivity index (χ0) is 20.8. The van der Waals surface area contributed by atoms with Gasteiger partial charge in [0.05, 0.1) is 6.04 Å². The van der Waals surface area contributed by atoms with Crippen LogP contribution in [0.25, 0.3) is 0 Å². The summed E-state index contributed by atoms with van der Waals surface area (Å²) in [6.45, 7) is 4.29. The number of phenols is 1. The minimum Gasteiger partial charge on any atom is -0.508 e. The number of nitrogens with zero attached hydrogens (tertiary/aromatic N) is 1. The maximum Gasteiger partial charge on any atom is 0.326 e. The van der Waals surface area contributed by atoms with E-state index in [2.05, 4.69) is 5.32 Å². The smallest absolute Gasteiger partial charge is 0.326 e. The molecule has 154 valence electrons. The van der Waals surface area contributed by atoms with Gasteiger partial charge in [0.1, 0.15) is 17.8 Å². The molecule has 2 amide bonds. The number of amides is 2. The zero-order valence-electron chi connectivity index (χ0n) is 16.3. The summed E-state index contributed by atoms with van der Waals surface area (Å²) in [6.07, 6.45) is 1.99. The van der Waals surface area contributed by atoms with Crippen molar-refractivity contribution in [1.82, 2.24) is 10.2 Å². The summed E-state index contributed by atoms with van der Waals surface area (Å²) in [6, 6.07) is 3.63. The van der Waals surface area contributed by atoms with Gasteiger partial charge in [0.25, 0.3) is 0 Å². The van der Waals surface area contributed by atoms with Crippen LogP contribution in [0, 0.1) is 5.92 Å². The lowest BCUT2D eigenvalue weighted by Crippen LogP contribution is -2.55. The van der Waals surface area contributed by atoms with Gasteiger partial charge in [-0.3, -0.25) is 9.59 Å². The van der Waals surface area contributed by atoms with E-state index >= 15 is 0 Å². The van der Waals surface area contributed by atoms with Crippen LogP contribution in [0.3, 0.4) is 0 Å². The van der Waals surface area contributed by atoms with Crippen LogP contribution in [0.1, 0.15) is 38.7 Å². The molecular weight excluding hydrogens is 362 g/mol. The number of nitrogens with two attached hydrogens (primary N) is 1. The predicted octanol–water partition coefficient (Wildman–Crippen LogP) is 0.869. The van der Waals surface area contributed by atoms with Crippen LogP contribution >= 0.6 is 0 Å². The molecule has 0 aliphatic carbocycles. The number of benzene rings is 1. The molecule has 8 heteroatoms. The fourth-order valence-electron chi connectivity index (χ4n) is 3.33. The second-order valence-corrected chi connectivity index (χ2v) is 7.37. The Balaban J connectivity index is 2.06. The minimum atomic E-state index is -1.16. The third kappa shape index (κ3) is 5.22. The molecule has 0 saturated carbocycles. The molecule has 1 aromatic rings. The Kier molecular flexibility index (Phi) is 7.39. The van der Waals surface area contributed by atoms with Crippen molar-refractivity contribution < 1.29 is 24.6 Å². The van der Waals surface area contributed by atoms with Crippen molar-refractivity contribution in [2.24, 2.45) is 11.7 Å². The van der Waals surface area contributed by atoms with Crippen molar-refractivity contribution in [1.29, 1.82) is 0 Å². The molecule has 1 fully saturated rings. The van der Waals surface area contributed by atoms with Crippen LogP contribution in [0.2, 0.25) is 0 Å². The Labute approximate surface area is 164 Å². The number of likely N-dealkylation sites (tertiary alicyclic amines) is 1. The van der Waals surface area contributed by atoms with Gasteiger partial charge in [0.15, 0.2) is 0 Å². The molecule has 1 saturated heterocycles. The van der Waals surface area contributed by atoms with E-state index in [9.17, 15) is 24.6 Å². The third-order valence-corrected chi connectivity index (χ3v) is 5.37. The number of phenolic OH excluding ortho intramolecular Hbond substituents is 1. The van der Waals surface area contributed by atoms with Crippen molar-refractivity contribution in [3.8, 4) is 5.75 Å². The van der Waals surface area contributed by atoms with E-state index in [1.54, 1.807) is 12.1 Å². The Morgan fingerprint density at radius 1 is 1.29 bits per heavy atom. The number of aromatic hydroxyl groups is 1. The molecule has 4 unspecified atom stereocenters. The maximum atomic E-state index is 12.7. The van der Waals surface area contributed by atoms with Crippen molar-refractivity contribution in [2.45, 2.75) is 57.7 Å². The third-order valence-electron chi connectivity index (χ3n) is 5.37. The number of carbonyl (C=O) groups excluding carboxylic acids is 2. The number of carboxylic acid groups (broad SMARTS) is 1. The van der Waals surface area contributed by atoms with Crippen LogP contribution in [-0.4, -0.2) is 57.6 Å². The lowest BCUT2D eigenvalue weighted by atomic mass is 9.98. The lowest BCUT2D eigenvalue weighted by Gasteiger charge is -2.29. The zero-order valence-corrected chi connectivity index (χ0v) is 16.3.